The minimum Gasteiger partial charge on any atom is -0.394 e. The van der Waals surface area contributed by atoms with E-state index in [-0.39, 0.29) is 24.1 Å². The number of aliphatic hydroxyl groups excluding tert-OH is 1. The molecule has 0 saturated heterocycles. The van der Waals surface area contributed by atoms with Gasteiger partial charge in [-0.25, -0.2) is 0 Å². The topological polar surface area (TPSA) is 23.5 Å². The molecule has 14 heavy (non-hydrogen) atoms. The lowest BCUT2D eigenvalue weighted by molar-refractivity contribution is -0.0330. The summed E-state index contributed by atoms with van der Waals surface area (Å²) >= 11 is -0.0348. The molecular formula is C8H16F3NOS. The molecule has 0 saturated carbocycles. The van der Waals surface area contributed by atoms with Gasteiger partial charge in [0.15, 0.2) is 0 Å². The van der Waals surface area contributed by atoms with Gasteiger partial charge in [-0.1, -0.05) is 0 Å². The number of halogens is 3. The van der Waals surface area contributed by atoms with Crippen LogP contribution in [-0.2, 0) is 0 Å². The number of rotatable bonds is 5. The molecule has 0 aromatic rings. The summed E-state index contributed by atoms with van der Waals surface area (Å²) in [7, 11) is 1.70. The van der Waals surface area contributed by atoms with Crippen LogP contribution in [-0.4, -0.2) is 47.0 Å². The van der Waals surface area contributed by atoms with E-state index < -0.39 is 11.0 Å². The van der Waals surface area contributed by atoms with Crippen molar-refractivity contribution in [3.05, 3.63) is 0 Å². The summed E-state index contributed by atoms with van der Waals surface area (Å²) in [6.45, 7) is 3.80. The Labute approximate surface area is 86.5 Å². The molecule has 0 unspecified atom stereocenters. The molecule has 2 nitrogen and oxygen atoms in total. The lowest BCUT2D eigenvalue weighted by Gasteiger charge is -2.33. The molecule has 0 spiro atoms. The first kappa shape index (κ1) is 14.1. The summed E-state index contributed by atoms with van der Waals surface area (Å²) in [5.41, 5.74) is -4.63. The third kappa shape index (κ3) is 5.72. The van der Waals surface area contributed by atoms with Crippen molar-refractivity contribution in [2.24, 2.45) is 0 Å². The molecule has 0 aromatic heterocycles. The minimum atomic E-state index is -4.16. The van der Waals surface area contributed by atoms with E-state index >= 15 is 0 Å². The highest BCUT2D eigenvalue weighted by atomic mass is 32.2. The Hall–Kier alpha value is 0.0600. The second kappa shape index (κ2) is 5.23. The third-order valence-corrected chi connectivity index (χ3v) is 2.83. The van der Waals surface area contributed by atoms with Crippen LogP contribution in [0.4, 0.5) is 13.2 Å². The maximum absolute atomic E-state index is 11.8. The standard InChI is InChI=1S/C8H16F3NOS/c1-7(2,6-13)12(3)4-5-14-8(9,10)11/h13H,4-6H2,1-3H3. The Kier molecular flexibility index (Phi) is 5.25. The second-order valence-electron chi connectivity index (χ2n) is 3.69. The van der Waals surface area contributed by atoms with Gasteiger partial charge in [-0.3, -0.25) is 4.90 Å². The fourth-order valence-electron chi connectivity index (χ4n) is 0.722. The van der Waals surface area contributed by atoms with E-state index in [1.165, 1.54) is 0 Å². The zero-order valence-electron chi connectivity index (χ0n) is 8.56. The molecule has 0 aliphatic heterocycles. The lowest BCUT2D eigenvalue weighted by atomic mass is 10.1. The average Bonchev–Trinajstić information content (AvgIpc) is 2.02. The third-order valence-electron chi connectivity index (χ3n) is 2.11. The number of alkyl halides is 3. The van der Waals surface area contributed by atoms with Crippen LogP contribution in [0.2, 0.25) is 0 Å². The number of nitrogens with zero attached hydrogens (tertiary/aromatic N) is 1. The largest absolute Gasteiger partial charge is 0.441 e. The van der Waals surface area contributed by atoms with Crippen LogP contribution in [0, 0.1) is 0 Å². The van der Waals surface area contributed by atoms with Gasteiger partial charge in [0.1, 0.15) is 0 Å². The Balaban J connectivity index is 3.80. The summed E-state index contributed by atoms with van der Waals surface area (Å²) < 4.78 is 35.3. The van der Waals surface area contributed by atoms with Gasteiger partial charge in [-0.05, 0) is 32.7 Å². The molecular weight excluding hydrogens is 215 g/mol. The first-order valence-corrected chi connectivity index (χ1v) is 5.20. The predicted octanol–water partition coefficient (Wildman–Crippen LogP) is 1.94. The monoisotopic (exact) mass is 231 g/mol. The van der Waals surface area contributed by atoms with Gasteiger partial charge in [-0.15, -0.1) is 0 Å². The van der Waals surface area contributed by atoms with Gasteiger partial charge in [0.2, 0.25) is 0 Å². The average molecular weight is 231 g/mol. The number of hydrogen-bond acceptors (Lipinski definition) is 3. The van der Waals surface area contributed by atoms with Crippen LogP contribution in [0.5, 0.6) is 0 Å². The van der Waals surface area contributed by atoms with Crippen molar-refractivity contribution in [2.75, 3.05) is 26.0 Å². The number of hydrogen-bond donors (Lipinski definition) is 1. The summed E-state index contributed by atoms with van der Waals surface area (Å²) in [6.07, 6.45) is 0. The summed E-state index contributed by atoms with van der Waals surface area (Å²) in [4.78, 5) is 1.71. The van der Waals surface area contributed by atoms with E-state index in [9.17, 15) is 13.2 Å². The molecule has 0 atom stereocenters. The van der Waals surface area contributed by atoms with Crippen molar-refractivity contribution < 1.29 is 18.3 Å². The summed E-state index contributed by atoms with van der Waals surface area (Å²) in [5.74, 6) is -0.0105. The van der Waals surface area contributed by atoms with Gasteiger partial charge < -0.3 is 5.11 Å². The first-order valence-electron chi connectivity index (χ1n) is 4.22. The van der Waals surface area contributed by atoms with Gasteiger partial charge in [0.25, 0.3) is 0 Å². The van der Waals surface area contributed by atoms with Crippen LogP contribution in [0.3, 0.4) is 0 Å². The van der Waals surface area contributed by atoms with E-state index in [0.29, 0.717) is 6.54 Å². The Bertz CT molecular complexity index is 172. The maximum Gasteiger partial charge on any atom is 0.441 e. The molecule has 0 rings (SSSR count). The normalized spacial score (nSPS) is 13.7. The fraction of sp³-hybridized carbons (Fsp3) is 1.00. The van der Waals surface area contributed by atoms with E-state index in [1.807, 2.05) is 0 Å². The number of aliphatic hydroxyl groups is 1. The van der Waals surface area contributed by atoms with Gasteiger partial charge in [0, 0.05) is 17.8 Å². The zero-order valence-corrected chi connectivity index (χ0v) is 9.37. The minimum absolute atomic E-state index is 0.0105. The fourth-order valence-corrected chi connectivity index (χ4v) is 1.32. The van der Waals surface area contributed by atoms with Gasteiger partial charge in [0.05, 0.1) is 6.61 Å². The number of likely N-dealkylation sites (N-methyl/N-ethyl adjacent to an activating group) is 1. The molecule has 0 aliphatic carbocycles. The summed E-state index contributed by atoms with van der Waals surface area (Å²) in [5, 5.41) is 8.95. The first-order chi connectivity index (χ1) is 6.19. The predicted molar refractivity (Wildman–Crippen MR) is 52.3 cm³/mol. The quantitative estimate of drug-likeness (QED) is 0.782. The molecule has 86 valence electrons. The Morgan fingerprint density at radius 1 is 1.29 bits per heavy atom. The van der Waals surface area contributed by atoms with E-state index in [0.717, 1.165) is 0 Å². The molecule has 0 bridgehead atoms. The molecule has 0 radical (unpaired) electrons. The molecule has 1 N–H and O–H groups in total. The molecule has 0 aromatic carbocycles. The maximum atomic E-state index is 11.8. The van der Waals surface area contributed by atoms with E-state index in [1.54, 1.807) is 25.8 Å². The highest BCUT2D eigenvalue weighted by molar-refractivity contribution is 8.00. The Morgan fingerprint density at radius 2 is 1.79 bits per heavy atom. The van der Waals surface area contributed by atoms with Crippen molar-refractivity contribution in [3.8, 4) is 0 Å². The van der Waals surface area contributed by atoms with Crippen molar-refractivity contribution in [3.63, 3.8) is 0 Å². The van der Waals surface area contributed by atoms with Crippen LogP contribution < -0.4 is 0 Å². The van der Waals surface area contributed by atoms with E-state index in [4.69, 9.17) is 5.11 Å². The van der Waals surface area contributed by atoms with Crippen LogP contribution in [0.1, 0.15) is 13.8 Å². The number of thioether (sulfide) groups is 1. The van der Waals surface area contributed by atoms with Crippen LogP contribution in [0.15, 0.2) is 0 Å². The smallest absolute Gasteiger partial charge is 0.394 e. The highest BCUT2D eigenvalue weighted by Gasteiger charge is 2.29. The SMILES string of the molecule is CN(CCSC(F)(F)F)C(C)(C)CO. The van der Waals surface area contributed by atoms with E-state index in [2.05, 4.69) is 0 Å². The summed E-state index contributed by atoms with van der Waals surface area (Å²) in [6, 6.07) is 0. The highest BCUT2D eigenvalue weighted by Crippen LogP contribution is 2.30. The van der Waals surface area contributed by atoms with Gasteiger partial charge >= 0.3 is 5.51 Å². The van der Waals surface area contributed by atoms with Crippen LogP contribution >= 0.6 is 11.8 Å². The molecule has 0 heterocycles. The molecule has 6 heteroatoms. The second-order valence-corrected chi connectivity index (χ2v) is 4.85. The van der Waals surface area contributed by atoms with Crippen molar-refractivity contribution in [1.29, 1.82) is 0 Å². The molecule has 0 fully saturated rings. The van der Waals surface area contributed by atoms with Crippen molar-refractivity contribution in [1.82, 2.24) is 4.90 Å². The molecule has 0 aliphatic rings. The van der Waals surface area contributed by atoms with Crippen molar-refractivity contribution in [2.45, 2.75) is 24.9 Å². The van der Waals surface area contributed by atoms with Gasteiger partial charge in [-0.2, -0.15) is 13.2 Å². The zero-order chi connectivity index (χ0) is 11.4. The Morgan fingerprint density at radius 3 is 2.14 bits per heavy atom. The van der Waals surface area contributed by atoms with Crippen molar-refractivity contribution >= 4 is 11.8 Å². The molecule has 0 amide bonds. The van der Waals surface area contributed by atoms with Crippen LogP contribution in [0.25, 0.3) is 0 Å². The lowest BCUT2D eigenvalue weighted by Crippen LogP contribution is -2.45.